The van der Waals surface area contributed by atoms with Crippen LogP contribution in [0.5, 0.6) is 0 Å². The summed E-state index contributed by atoms with van der Waals surface area (Å²) in [5, 5.41) is 8.41. The second-order valence-electron chi connectivity index (χ2n) is 2.59. The molecular weight excluding hydrogens is 178 g/mol. The Bertz CT molecular complexity index is 223. The average molecular weight is 193 g/mol. The first-order valence-corrected chi connectivity index (χ1v) is 5.39. The zero-order chi connectivity index (χ0) is 9.61. The Morgan fingerprint density at radius 1 is 1.67 bits per heavy atom. The van der Waals surface area contributed by atoms with Crippen molar-refractivity contribution in [3.05, 3.63) is 12.7 Å². The van der Waals surface area contributed by atoms with Crippen LogP contribution in [0, 0.1) is 0 Å². The van der Waals surface area contributed by atoms with Crippen LogP contribution < -0.4 is 4.72 Å². The molecule has 0 radical (unpaired) electrons. The van der Waals surface area contributed by atoms with Gasteiger partial charge in [0, 0.05) is 6.04 Å². The first-order chi connectivity index (χ1) is 5.52. The Balaban J connectivity index is 3.96. The van der Waals surface area contributed by atoms with Crippen molar-refractivity contribution >= 4 is 10.0 Å². The SMILES string of the molecule is C=CCC(C)NS(=O)(=O)CCO. The topological polar surface area (TPSA) is 66.4 Å². The maximum absolute atomic E-state index is 11.0. The van der Waals surface area contributed by atoms with Crippen molar-refractivity contribution in [3.8, 4) is 0 Å². The van der Waals surface area contributed by atoms with Crippen LogP contribution in [0.2, 0.25) is 0 Å². The van der Waals surface area contributed by atoms with Crippen LogP contribution in [-0.4, -0.2) is 31.9 Å². The summed E-state index contributed by atoms with van der Waals surface area (Å²) in [6.45, 7) is 4.89. The standard InChI is InChI=1S/C7H15NO3S/c1-3-4-7(2)8-12(10,11)6-5-9/h3,7-9H,1,4-6H2,2H3. The van der Waals surface area contributed by atoms with Gasteiger partial charge in [-0.1, -0.05) is 6.08 Å². The molecule has 0 aromatic carbocycles. The molecule has 0 aliphatic heterocycles. The summed E-state index contributed by atoms with van der Waals surface area (Å²) >= 11 is 0. The highest BCUT2D eigenvalue weighted by Gasteiger charge is 2.11. The van der Waals surface area contributed by atoms with E-state index in [1.54, 1.807) is 13.0 Å². The molecule has 72 valence electrons. The van der Waals surface area contributed by atoms with Crippen molar-refractivity contribution in [1.29, 1.82) is 0 Å². The molecule has 0 heterocycles. The fourth-order valence-electron chi connectivity index (χ4n) is 0.784. The van der Waals surface area contributed by atoms with Gasteiger partial charge in [-0.2, -0.15) is 0 Å². The lowest BCUT2D eigenvalue weighted by Crippen LogP contribution is -2.34. The van der Waals surface area contributed by atoms with Gasteiger partial charge in [-0.25, -0.2) is 13.1 Å². The molecule has 0 rings (SSSR count). The van der Waals surface area contributed by atoms with Crippen molar-refractivity contribution in [1.82, 2.24) is 4.72 Å². The third kappa shape index (κ3) is 5.29. The lowest BCUT2D eigenvalue weighted by atomic mass is 10.3. The summed E-state index contributed by atoms with van der Waals surface area (Å²) in [4.78, 5) is 0. The maximum atomic E-state index is 11.0. The number of hydrogen-bond donors (Lipinski definition) is 2. The van der Waals surface area contributed by atoms with E-state index in [9.17, 15) is 8.42 Å². The van der Waals surface area contributed by atoms with E-state index in [2.05, 4.69) is 11.3 Å². The Kier molecular flexibility index (Phi) is 5.12. The molecular formula is C7H15NO3S. The van der Waals surface area contributed by atoms with Gasteiger partial charge >= 0.3 is 0 Å². The zero-order valence-corrected chi connectivity index (χ0v) is 7.97. The molecule has 0 bridgehead atoms. The number of hydrogen-bond acceptors (Lipinski definition) is 3. The van der Waals surface area contributed by atoms with Crippen molar-refractivity contribution in [2.75, 3.05) is 12.4 Å². The summed E-state index contributed by atoms with van der Waals surface area (Å²) < 4.78 is 24.4. The number of sulfonamides is 1. The molecule has 0 aromatic heterocycles. The predicted octanol–water partition coefficient (Wildman–Crippen LogP) is -0.137. The van der Waals surface area contributed by atoms with E-state index in [1.807, 2.05) is 0 Å². The fraction of sp³-hybridized carbons (Fsp3) is 0.714. The number of nitrogens with one attached hydrogen (secondary N) is 1. The fourth-order valence-corrected chi connectivity index (χ4v) is 1.85. The van der Waals surface area contributed by atoms with Gasteiger partial charge in [0.25, 0.3) is 0 Å². The third-order valence-corrected chi connectivity index (χ3v) is 2.74. The highest BCUT2D eigenvalue weighted by molar-refractivity contribution is 7.89. The number of aliphatic hydroxyl groups is 1. The molecule has 1 atom stereocenters. The molecule has 0 amide bonds. The molecule has 5 heteroatoms. The van der Waals surface area contributed by atoms with Crippen LogP contribution in [0.25, 0.3) is 0 Å². The number of rotatable bonds is 6. The minimum Gasteiger partial charge on any atom is -0.395 e. The van der Waals surface area contributed by atoms with Crippen LogP contribution >= 0.6 is 0 Å². The van der Waals surface area contributed by atoms with E-state index in [0.29, 0.717) is 6.42 Å². The van der Waals surface area contributed by atoms with Crippen LogP contribution in [0.1, 0.15) is 13.3 Å². The van der Waals surface area contributed by atoms with Gasteiger partial charge in [0.15, 0.2) is 0 Å². The first kappa shape index (κ1) is 11.6. The van der Waals surface area contributed by atoms with Crippen LogP contribution in [0.15, 0.2) is 12.7 Å². The van der Waals surface area contributed by atoms with Gasteiger partial charge in [0.1, 0.15) is 0 Å². The highest BCUT2D eigenvalue weighted by atomic mass is 32.2. The van der Waals surface area contributed by atoms with Gasteiger partial charge < -0.3 is 5.11 Å². The summed E-state index contributed by atoms with van der Waals surface area (Å²) in [5.74, 6) is -0.242. The minimum absolute atomic E-state index is 0.154. The second kappa shape index (κ2) is 5.29. The molecule has 0 fully saturated rings. The molecule has 0 aromatic rings. The van der Waals surface area contributed by atoms with Crippen molar-refractivity contribution in [3.63, 3.8) is 0 Å². The molecule has 12 heavy (non-hydrogen) atoms. The van der Waals surface area contributed by atoms with Crippen LogP contribution in [-0.2, 0) is 10.0 Å². The molecule has 0 spiro atoms. The van der Waals surface area contributed by atoms with E-state index in [4.69, 9.17) is 5.11 Å². The van der Waals surface area contributed by atoms with Gasteiger partial charge in [-0.3, -0.25) is 0 Å². The van der Waals surface area contributed by atoms with E-state index in [1.165, 1.54) is 0 Å². The van der Waals surface area contributed by atoms with E-state index < -0.39 is 10.0 Å². The summed E-state index contributed by atoms with van der Waals surface area (Å²) in [5.41, 5.74) is 0. The van der Waals surface area contributed by atoms with Gasteiger partial charge in [0.05, 0.1) is 12.4 Å². The Hall–Kier alpha value is -0.390. The highest BCUT2D eigenvalue weighted by Crippen LogP contribution is 1.94. The van der Waals surface area contributed by atoms with Crippen LogP contribution in [0.4, 0.5) is 0 Å². The average Bonchev–Trinajstić information content (AvgIpc) is 1.85. The molecule has 0 saturated heterocycles. The largest absolute Gasteiger partial charge is 0.395 e. The first-order valence-electron chi connectivity index (χ1n) is 3.73. The minimum atomic E-state index is -3.30. The Morgan fingerprint density at radius 3 is 2.67 bits per heavy atom. The molecule has 4 nitrogen and oxygen atoms in total. The Labute approximate surface area is 73.3 Å². The van der Waals surface area contributed by atoms with E-state index in [0.717, 1.165) is 0 Å². The summed E-state index contributed by atoms with van der Waals surface area (Å²) in [6, 6.07) is -0.154. The quantitative estimate of drug-likeness (QED) is 0.577. The summed E-state index contributed by atoms with van der Waals surface area (Å²) in [7, 11) is -3.30. The maximum Gasteiger partial charge on any atom is 0.214 e. The lowest BCUT2D eigenvalue weighted by Gasteiger charge is -2.10. The van der Waals surface area contributed by atoms with Gasteiger partial charge in [0.2, 0.25) is 10.0 Å². The molecule has 0 saturated carbocycles. The lowest BCUT2D eigenvalue weighted by molar-refractivity contribution is 0.319. The van der Waals surface area contributed by atoms with Gasteiger partial charge in [-0.05, 0) is 13.3 Å². The molecule has 0 aliphatic rings. The normalized spacial score (nSPS) is 14.2. The molecule has 2 N–H and O–H groups in total. The predicted molar refractivity (Wildman–Crippen MR) is 48.3 cm³/mol. The summed E-state index contributed by atoms with van der Waals surface area (Å²) in [6.07, 6.45) is 2.23. The zero-order valence-electron chi connectivity index (χ0n) is 7.16. The van der Waals surface area contributed by atoms with Gasteiger partial charge in [-0.15, -0.1) is 6.58 Å². The van der Waals surface area contributed by atoms with E-state index in [-0.39, 0.29) is 18.4 Å². The van der Waals surface area contributed by atoms with Crippen molar-refractivity contribution < 1.29 is 13.5 Å². The van der Waals surface area contributed by atoms with E-state index >= 15 is 0 Å². The molecule has 0 aliphatic carbocycles. The monoisotopic (exact) mass is 193 g/mol. The molecule has 1 unspecified atom stereocenters. The van der Waals surface area contributed by atoms with Crippen molar-refractivity contribution in [2.24, 2.45) is 0 Å². The second-order valence-corrected chi connectivity index (χ2v) is 4.46. The Morgan fingerprint density at radius 2 is 2.25 bits per heavy atom. The smallest absolute Gasteiger partial charge is 0.214 e. The van der Waals surface area contributed by atoms with Crippen molar-refractivity contribution in [2.45, 2.75) is 19.4 Å². The number of aliphatic hydroxyl groups excluding tert-OH is 1. The third-order valence-electron chi connectivity index (χ3n) is 1.26. The van der Waals surface area contributed by atoms with Crippen LogP contribution in [0.3, 0.4) is 0 Å².